The molecule has 150 heavy (non-hydrogen) atoms. The first-order chi connectivity index (χ1) is 73.3. The van der Waals surface area contributed by atoms with Crippen molar-refractivity contribution in [3.05, 3.63) is 236 Å². The summed E-state index contributed by atoms with van der Waals surface area (Å²) in [4.78, 5) is 128. The van der Waals surface area contributed by atoms with Gasteiger partial charge in [-0.15, -0.1) is 0 Å². The zero-order chi connectivity index (χ0) is 104. The lowest BCUT2D eigenvalue weighted by Gasteiger charge is -2.32. The number of ether oxygens (including phenoxy) is 10. The fourth-order valence-electron chi connectivity index (χ4n) is 21.8. The van der Waals surface area contributed by atoms with Crippen LogP contribution in [0.5, 0.6) is 30.1 Å². The maximum absolute atomic E-state index is 12.6. The van der Waals surface area contributed by atoms with Gasteiger partial charge in [0.2, 0.25) is 29.5 Å². The summed E-state index contributed by atoms with van der Waals surface area (Å²) < 4.78 is 52.5. The molecule has 35 heteroatoms. The van der Waals surface area contributed by atoms with E-state index in [9.17, 15) is 24.0 Å². The molecule has 5 aromatic heterocycles. The van der Waals surface area contributed by atoms with E-state index in [4.69, 9.17) is 47.4 Å². The number of hydrogen-bond acceptors (Lipinski definition) is 30. The quantitative estimate of drug-likeness (QED) is 0.0321. The van der Waals surface area contributed by atoms with Gasteiger partial charge >= 0.3 is 30.1 Å². The van der Waals surface area contributed by atoms with Crippen molar-refractivity contribution < 1.29 is 71.3 Å². The molecule has 0 spiro atoms. The van der Waals surface area contributed by atoms with Crippen LogP contribution in [0.4, 0.5) is 29.1 Å². The maximum atomic E-state index is 12.6. The molecule has 1 saturated carbocycles. The van der Waals surface area contributed by atoms with Crippen LogP contribution in [0, 0.1) is 5.92 Å². The van der Waals surface area contributed by atoms with Crippen LogP contribution in [-0.4, -0.2) is 270 Å². The summed E-state index contributed by atoms with van der Waals surface area (Å²) in [6.45, 7) is 27.5. The average Bonchev–Trinajstić information content (AvgIpc) is 1.74. The van der Waals surface area contributed by atoms with Gasteiger partial charge in [0.05, 0.1) is 97.9 Å². The Morgan fingerprint density at radius 1 is 0.287 bits per heavy atom. The Kier molecular flexibility index (Phi) is 39.1. The second-order valence-electron chi connectivity index (χ2n) is 40.5. The van der Waals surface area contributed by atoms with E-state index in [1.807, 2.05) is 0 Å². The molecule has 0 radical (unpaired) electrons. The molecule has 35 nitrogen and oxygen atoms in total. The minimum absolute atomic E-state index is 0.0397. The molecule has 10 aliphatic heterocycles. The predicted octanol–water partition coefficient (Wildman–Crippen LogP) is 15.1. The van der Waals surface area contributed by atoms with Crippen molar-refractivity contribution in [3.8, 4) is 30.1 Å². The standard InChI is InChI=1S/C24H32N4O3.C23H28N4O3.2C23H30N4O3.C22H28N4O3/c1-18(27-11-5-3-4-6-12-27)20-9-7-19(8-10-20)17-28-22(29)15-21-16-25-24(26-23(21)28)31-14-13-30-2;1-29-8-9-30-23-24-12-19-11-21(28)27(22(19)25-23)15-17-4-2-16(3-5-17)13-26-14-18-6-7-20(26)10-18;1-17(26-10-4-3-5-11-26)19-8-6-18(7-9-19)16-27-21(28)14-20-15-24-23(25-22(20)27)30-13-12-29-2;1-3-20(26-10-4-5-11-26)18-8-6-17(7-9-18)16-27-21(28)14-19-15-24-23(25-22(19)27)30-13-12-29-2;1-16(25-9-3-4-10-25)18-7-5-17(6-8-18)15-26-20(27)13-19-14-23-22(24-21(19)26)29-12-11-28-2/h7-10,16,18H,3-6,11-15,17H2,1-2H3;2-5,12,18,20H,6-11,13-15H2,1H3;6-9,15,17H,3-5,10-14,16H2,1-2H3;6-9,15,20H,3-5,10-14,16H2,1-2H3;5-8,14,16H,3-4,9-13,15H2,1-2H3. The Morgan fingerprint density at radius 3 is 0.760 bits per heavy atom. The van der Waals surface area contributed by atoms with Crippen molar-refractivity contribution in [3.63, 3.8) is 0 Å². The van der Waals surface area contributed by atoms with Crippen LogP contribution in [0.2, 0.25) is 0 Å². The number of likely N-dealkylation sites (tertiary alicyclic amines) is 5. The molecule has 0 N–H and O–H groups in total. The Bertz CT molecular complexity index is 6070. The van der Waals surface area contributed by atoms with Crippen LogP contribution < -0.4 is 48.2 Å². The third kappa shape index (κ3) is 28.4. The highest BCUT2D eigenvalue weighted by molar-refractivity contribution is 6.03. The molecule has 15 heterocycles. The van der Waals surface area contributed by atoms with E-state index in [-0.39, 0.29) is 59.6 Å². The highest BCUT2D eigenvalue weighted by atomic mass is 16.5. The van der Waals surface area contributed by atoms with Crippen LogP contribution in [0.3, 0.4) is 0 Å². The Morgan fingerprint density at radius 2 is 0.520 bits per heavy atom. The van der Waals surface area contributed by atoms with Crippen LogP contribution in [0.25, 0.3) is 0 Å². The highest BCUT2D eigenvalue weighted by Crippen LogP contribution is 2.41. The fourth-order valence-corrected chi connectivity index (χ4v) is 21.8. The lowest BCUT2D eigenvalue weighted by molar-refractivity contribution is -0.118. The summed E-state index contributed by atoms with van der Waals surface area (Å²) in [6.07, 6.45) is 29.7. The molecule has 798 valence electrons. The van der Waals surface area contributed by atoms with Crippen molar-refractivity contribution in [1.82, 2.24) is 74.3 Å². The summed E-state index contributed by atoms with van der Waals surface area (Å²) in [5.41, 5.74) is 16.3. The molecular formula is C115H148N20O15. The lowest BCUT2D eigenvalue weighted by atomic mass is 10.0. The second kappa shape index (κ2) is 53.9. The Hall–Kier alpha value is -12.6. The van der Waals surface area contributed by atoms with Gasteiger partial charge < -0.3 is 47.4 Å². The fraction of sp³-hybridized carbons (Fsp3) is 0.522. The van der Waals surface area contributed by atoms with Crippen LogP contribution in [0.15, 0.2) is 152 Å². The maximum Gasteiger partial charge on any atom is 0.318 e. The minimum Gasteiger partial charge on any atom is -0.461 e. The molecule has 6 unspecified atom stereocenters. The lowest BCUT2D eigenvalue weighted by Crippen LogP contribution is -2.32. The number of fused-ring (bicyclic) bond motifs is 7. The number of methoxy groups -OCH3 is 5. The van der Waals surface area contributed by atoms with E-state index in [2.05, 4.69) is 223 Å². The molecule has 21 rings (SSSR count). The van der Waals surface area contributed by atoms with Crippen molar-refractivity contribution in [2.75, 3.05) is 185 Å². The summed E-state index contributed by atoms with van der Waals surface area (Å²) in [7, 11) is 8.09. The third-order valence-electron chi connectivity index (χ3n) is 30.4. The summed E-state index contributed by atoms with van der Waals surface area (Å²) in [6, 6.07) is 47.1. The van der Waals surface area contributed by atoms with Crippen molar-refractivity contribution in [2.24, 2.45) is 5.92 Å². The van der Waals surface area contributed by atoms with Gasteiger partial charge in [-0.3, -0.25) is 73.0 Å². The zero-order valence-electron chi connectivity index (χ0n) is 88.8. The van der Waals surface area contributed by atoms with Gasteiger partial charge in [-0.2, -0.15) is 24.9 Å². The molecular weight excluding hydrogens is 1900 g/mol. The first-order valence-electron chi connectivity index (χ1n) is 53.9. The predicted molar refractivity (Wildman–Crippen MR) is 571 cm³/mol. The number of piperidine rings is 2. The van der Waals surface area contributed by atoms with Crippen LogP contribution in [0.1, 0.15) is 232 Å². The van der Waals surface area contributed by atoms with Crippen LogP contribution >= 0.6 is 0 Å². The van der Waals surface area contributed by atoms with Gasteiger partial charge in [-0.25, -0.2) is 24.9 Å². The Balaban J connectivity index is 0.000000128. The van der Waals surface area contributed by atoms with Gasteiger partial charge in [0.1, 0.15) is 62.1 Å². The van der Waals surface area contributed by atoms with Crippen molar-refractivity contribution >= 4 is 58.6 Å². The van der Waals surface area contributed by atoms with Gasteiger partial charge in [-0.05, 0) is 212 Å². The first kappa shape index (κ1) is 109. The van der Waals surface area contributed by atoms with Crippen molar-refractivity contribution in [2.45, 2.75) is 226 Å². The summed E-state index contributed by atoms with van der Waals surface area (Å²) in [5.74, 6) is 4.37. The number of rotatable bonds is 41. The van der Waals surface area contributed by atoms with E-state index in [0.717, 1.165) is 80.6 Å². The van der Waals surface area contributed by atoms with E-state index < -0.39 is 0 Å². The summed E-state index contributed by atoms with van der Waals surface area (Å²) >= 11 is 0. The van der Waals surface area contributed by atoms with E-state index in [1.165, 1.54) is 177 Å². The second-order valence-corrected chi connectivity index (χ2v) is 40.5. The molecule has 6 atom stereocenters. The molecule has 10 aromatic rings. The largest absolute Gasteiger partial charge is 0.461 e. The third-order valence-corrected chi connectivity index (χ3v) is 30.4. The number of anilines is 5. The first-order valence-corrected chi connectivity index (χ1v) is 53.9. The number of aromatic nitrogens is 10. The minimum atomic E-state index is 0.0397. The Labute approximate surface area is 881 Å². The molecule has 2 bridgehead atoms. The molecule has 5 saturated heterocycles. The molecule has 11 aliphatic rings. The number of nitrogens with zero attached hydrogens (tertiary/aromatic N) is 20. The number of carbonyl (C=O) groups is 5. The summed E-state index contributed by atoms with van der Waals surface area (Å²) in [5, 5.41) is 0. The molecule has 5 amide bonds. The molecule has 1 aliphatic carbocycles. The topological polar surface area (TPSA) is 339 Å². The van der Waals surface area contributed by atoms with E-state index >= 15 is 0 Å². The van der Waals surface area contributed by atoms with E-state index in [1.54, 1.807) is 91.0 Å². The van der Waals surface area contributed by atoms with Crippen molar-refractivity contribution in [1.29, 1.82) is 0 Å². The number of benzene rings is 5. The normalized spacial score (nSPS) is 18.7. The van der Waals surface area contributed by atoms with Gasteiger partial charge in [-0.1, -0.05) is 148 Å². The monoisotopic (exact) mass is 2050 g/mol. The smallest absolute Gasteiger partial charge is 0.318 e. The van der Waals surface area contributed by atoms with Gasteiger partial charge in [0.25, 0.3) is 0 Å². The van der Waals surface area contributed by atoms with Gasteiger partial charge in [0, 0.05) is 138 Å². The SMILES string of the molecule is CCC(c1ccc(CN2C(=O)Cc3cnc(OCCOC)nc32)cc1)N1CCCC1.COCCOc1ncc2c(n1)N(Cc1ccc(C(C)N3CCCC3)cc1)C(=O)C2.COCCOc1ncc2c(n1)N(Cc1ccc(C(C)N3CCCCC3)cc1)C(=O)C2.COCCOc1ncc2c(n1)N(Cc1ccc(C(C)N3CCCCCC3)cc1)C(=O)C2.COCCOc1ncc2c(n1)N(Cc1ccc(CN3CC4CCC3C4)cc1)C(=O)C2. The number of carbonyl (C=O) groups excluding carboxylic acids is 5. The van der Waals surface area contributed by atoms with E-state index in [0.29, 0.717) is 184 Å². The molecule has 6 fully saturated rings. The highest BCUT2D eigenvalue weighted by Gasteiger charge is 2.40. The van der Waals surface area contributed by atoms with Gasteiger partial charge in [0.15, 0.2) is 0 Å². The number of amides is 5. The average molecular weight is 2050 g/mol. The van der Waals surface area contributed by atoms with Crippen LogP contribution in [-0.2, 0) is 119 Å². The molecule has 5 aromatic carbocycles. The zero-order valence-corrected chi connectivity index (χ0v) is 88.8. The number of hydrogen-bond donors (Lipinski definition) is 0.